The highest BCUT2D eigenvalue weighted by atomic mass is 16.3. The largest absolute Gasteiger partial charge is 0.507 e. The van der Waals surface area contributed by atoms with Crippen LogP contribution in [-0.4, -0.2) is 5.11 Å². The first-order valence-corrected chi connectivity index (χ1v) is 5.89. The van der Waals surface area contributed by atoms with Crippen LogP contribution in [0, 0.1) is 26.7 Å². The van der Waals surface area contributed by atoms with Crippen LogP contribution in [0.3, 0.4) is 0 Å². The average Bonchev–Trinajstić information content (AvgIpc) is 2.19. The number of aryl methyl sites for hydroxylation is 1. The molecule has 0 aliphatic rings. The lowest BCUT2D eigenvalue weighted by Gasteiger charge is -2.20. The summed E-state index contributed by atoms with van der Waals surface area (Å²) in [6, 6.07) is 2.09. The van der Waals surface area contributed by atoms with Crippen LogP contribution in [0.5, 0.6) is 5.75 Å². The minimum atomic E-state index is 0.0676. The van der Waals surface area contributed by atoms with E-state index in [4.69, 9.17) is 5.73 Å². The summed E-state index contributed by atoms with van der Waals surface area (Å²) in [5, 5.41) is 9.83. The molecule has 0 fully saturated rings. The maximum atomic E-state index is 9.83. The molecule has 1 rings (SSSR count). The minimum Gasteiger partial charge on any atom is -0.507 e. The Bertz CT molecular complexity index is 383. The lowest BCUT2D eigenvalue weighted by molar-refractivity contribution is 0.464. The highest BCUT2D eigenvalue weighted by Gasteiger charge is 2.15. The van der Waals surface area contributed by atoms with Gasteiger partial charge in [-0.25, -0.2) is 0 Å². The molecule has 0 heterocycles. The van der Waals surface area contributed by atoms with Gasteiger partial charge in [-0.3, -0.25) is 0 Å². The molecule has 0 bridgehead atoms. The molecule has 1 aromatic carbocycles. The van der Waals surface area contributed by atoms with Crippen molar-refractivity contribution in [1.82, 2.24) is 0 Å². The van der Waals surface area contributed by atoms with Crippen LogP contribution in [0.1, 0.15) is 48.6 Å². The highest BCUT2D eigenvalue weighted by Crippen LogP contribution is 2.31. The molecule has 0 spiro atoms. The van der Waals surface area contributed by atoms with E-state index in [0.29, 0.717) is 11.7 Å². The van der Waals surface area contributed by atoms with Crippen molar-refractivity contribution in [2.75, 3.05) is 0 Å². The van der Waals surface area contributed by atoms with Gasteiger partial charge in [0.1, 0.15) is 5.75 Å². The Balaban J connectivity index is 3.14. The summed E-state index contributed by atoms with van der Waals surface area (Å²) < 4.78 is 0. The summed E-state index contributed by atoms with van der Waals surface area (Å²) in [5.41, 5.74) is 10.4. The van der Waals surface area contributed by atoms with Gasteiger partial charge >= 0.3 is 0 Å². The molecular weight excluding hydrogens is 198 g/mol. The Morgan fingerprint density at radius 2 is 1.75 bits per heavy atom. The number of phenolic OH excluding ortho intramolecular Hbond substituents is 1. The maximum Gasteiger partial charge on any atom is 0.121 e. The monoisotopic (exact) mass is 221 g/mol. The van der Waals surface area contributed by atoms with Gasteiger partial charge in [-0.15, -0.1) is 0 Å². The molecule has 0 radical (unpaired) electrons. The van der Waals surface area contributed by atoms with Crippen molar-refractivity contribution >= 4 is 0 Å². The predicted octanol–water partition coefficient (Wildman–Crippen LogP) is 3.36. The molecule has 1 aromatic rings. The second-order valence-corrected chi connectivity index (χ2v) is 5.12. The third-order valence-electron chi connectivity index (χ3n) is 3.22. The zero-order valence-corrected chi connectivity index (χ0v) is 11.0. The first-order valence-electron chi connectivity index (χ1n) is 5.89. The van der Waals surface area contributed by atoms with Crippen LogP contribution in [0.4, 0.5) is 0 Å². The predicted molar refractivity (Wildman–Crippen MR) is 68.7 cm³/mol. The fourth-order valence-corrected chi connectivity index (χ4v) is 2.12. The van der Waals surface area contributed by atoms with Gasteiger partial charge < -0.3 is 10.8 Å². The van der Waals surface area contributed by atoms with E-state index < -0.39 is 0 Å². The zero-order chi connectivity index (χ0) is 12.5. The molecule has 90 valence electrons. The summed E-state index contributed by atoms with van der Waals surface area (Å²) in [5.74, 6) is 0.988. The van der Waals surface area contributed by atoms with Crippen molar-refractivity contribution in [2.45, 2.75) is 47.1 Å². The van der Waals surface area contributed by atoms with Gasteiger partial charge in [-0.1, -0.05) is 19.9 Å². The molecule has 1 atom stereocenters. The molecule has 0 aliphatic heterocycles. The Labute approximate surface area is 98.5 Å². The van der Waals surface area contributed by atoms with Gasteiger partial charge in [0, 0.05) is 6.04 Å². The maximum absolute atomic E-state index is 9.83. The minimum absolute atomic E-state index is 0.0676. The third kappa shape index (κ3) is 2.56. The average molecular weight is 221 g/mol. The Morgan fingerprint density at radius 1 is 1.19 bits per heavy atom. The number of benzene rings is 1. The van der Waals surface area contributed by atoms with Crippen molar-refractivity contribution < 1.29 is 5.11 Å². The molecule has 0 aromatic heterocycles. The van der Waals surface area contributed by atoms with E-state index in [-0.39, 0.29) is 6.04 Å². The van der Waals surface area contributed by atoms with E-state index >= 15 is 0 Å². The third-order valence-corrected chi connectivity index (χ3v) is 3.22. The van der Waals surface area contributed by atoms with Crippen LogP contribution in [0.25, 0.3) is 0 Å². The van der Waals surface area contributed by atoms with Crippen molar-refractivity contribution in [3.63, 3.8) is 0 Å². The van der Waals surface area contributed by atoms with E-state index in [1.54, 1.807) is 0 Å². The molecule has 3 N–H and O–H groups in total. The summed E-state index contributed by atoms with van der Waals surface area (Å²) in [6.07, 6.45) is 0.977. The standard InChI is InChI=1S/C14H23NO/c1-8(2)6-13(15)12-7-9(3)14(16)11(5)10(12)4/h7-8,13,16H,6,15H2,1-5H3. The molecule has 0 saturated heterocycles. The van der Waals surface area contributed by atoms with E-state index in [0.717, 1.165) is 23.1 Å². The lowest BCUT2D eigenvalue weighted by Crippen LogP contribution is -2.15. The van der Waals surface area contributed by atoms with Gasteiger partial charge in [0.05, 0.1) is 0 Å². The van der Waals surface area contributed by atoms with Crippen molar-refractivity contribution in [2.24, 2.45) is 11.7 Å². The normalized spacial score (nSPS) is 13.2. The molecule has 2 heteroatoms. The van der Waals surface area contributed by atoms with Crippen LogP contribution >= 0.6 is 0 Å². The SMILES string of the molecule is Cc1cc(C(N)CC(C)C)c(C)c(C)c1O. The van der Waals surface area contributed by atoms with E-state index in [1.165, 1.54) is 5.56 Å². The summed E-state index contributed by atoms with van der Waals surface area (Å²) in [4.78, 5) is 0. The van der Waals surface area contributed by atoms with Gasteiger partial charge in [0.2, 0.25) is 0 Å². The topological polar surface area (TPSA) is 46.2 Å². The van der Waals surface area contributed by atoms with Crippen LogP contribution < -0.4 is 5.73 Å². The number of nitrogens with two attached hydrogens (primary N) is 1. The zero-order valence-electron chi connectivity index (χ0n) is 11.0. The molecule has 2 nitrogen and oxygen atoms in total. The van der Waals surface area contributed by atoms with E-state index in [9.17, 15) is 5.11 Å². The number of hydrogen-bond acceptors (Lipinski definition) is 2. The van der Waals surface area contributed by atoms with Gasteiger partial charge in [0.25, 0.3) is 0 Å². The van der Waals surface area contributed by atoms with Crippen LogP contribution in [0.2, 0.25) is 0 Å². The molecular formula is C14H23NO. The first kappa shape index (κ1) is 13.0. The summed E-state index contributed by atoms with van der Waals surface area (Å²) in [7, 11) is 0. The molecule has 0 amide bonds. The van der Waals surface area contributed by atoms with Gasteiger partial charge in [0.15, 0.2) is 0 Å². The number of phenols is 1. The fraction of sp³-hybridized carbons (Fsp3) is 0.571. The molecule has 0 aliphatic carbocycles. The van der Waals surface area contributed by atoms with Crippen molar-refractivity contribution in [1.29, 1.82) is 0 Å². The number of aromatic hydroxyl groups is 1. The summed E-state index contributed by atoms with van der Waals surface area (Å²) in [6.45, 7) is 10.3. The van der Waals surface area contributed by atoms with Crippen LogP contribution in [0.15, 0.2) is 6.07 Å². The summed E-state index contributed by atoms with van der Waals surface area (Å²) >= 11 is 0. The Hall–Kier alpha value is -1.02. The van der Waals surface area contributed by atoms with E-state index in [2.05, 4.69) is 13.8 Å². The van der Waals surface area contributed by atoms with Crippen LogP contribution in [-0.2, 0) is 0 Å². The first-order chi connectivity index (χ1) is 7.34. The molecule has 1 unspecified atom stereocenters. The second-order valence-electron chi connectivity index (χ2n) is 5.12. The highest BCUT2D eigenvalue weighted by molar-refractivity contribution is 5.49. The van der Waals surface area contributed by atoms with Crippen molar-refractivity contribution in [3.05, 3.63) is 28.3 Å². The number of rotatable bonds is 3. The second kappa shape index (κ2) is 4.88. The quantitative estimate of drug-likeness (QED) is 0.822. The Morgan fingerprint density at radius 3 is 2.25 bits per heavy atom. The van der Waals surface area contributed by atoms with Crippen molar-refractivity contribution in [3.8, 4) is 5.75 Å². The van der Waals surface area contributed by atoms with Gasteiger partial charge in [-0.2, -0.15) is 0 Å². The Kier molecular flexibility index (Phi) is 3.98. The lowest BCUT2D eigenvalue weighted by atomic mass is 9.90. The molecule has 0 saturated carbocycles. The fourth-order valence-electron chi connectivity index (χ4n) is 2.12. The number of hydrogen-bond donors (Lipinski definition) is 2. The smallest absolute Gasteiger partial charge is 0.121 e. The van der Waals surface area contributed by atoms with Gasteiger partial charge in [-0.05, 0) is 55.4 Å². The molecule has 16 heavy (non-hydrogen) atoms. The van der Waals surface area contributed by atoms with E-state index in [1.807, 2.05) is 26.8 Å².